The summed E-state index contributed by atoms with van der Waals surface area (Å²) in [5.74, 6) is -2.15. The number of nitrogens with zero attached hydrogens (tertiary/aromatic N) is 1. The van der Waals surface area contributed by atoms with E-state index in [1.54, 1.807) is 51.1 Å². The summed E-state index contributed by atoms with van der Waals surface area (Å²) in [5, 5.41) is 10.7. The van der Waals surface area contributed by atoms with Crippen LogP contribution in [0.5, 0.6) is 0 Å². The average Bonchev–Trinajstić information content (AvgIpc) is 3.33. The maximum Gasteiger partial charge on any atom is 0.417 e. The van der Waals surface area contributed by atoms with Crippen LogP contribution in [-0.2, 0) is 25.7 Å². The molecule has 2 heterocycles. The van der Waals surface area contributed by atoms with Gasteiger partial charge in [0.2, 0.25) is 5.91 Å². The summed E-state index contributed by atoms with van der Waals surface area (Å²) in [6.07, 6.45) is -1.09. The van der Waals surface area contributed by atoms with Crippen molar-refractivity contribution >= 4 is 18.0 Å². The first-order chi connectivity index (χ1) is 14.2. The first-order valence-corrected chi connectivity index (χ1v) is 9.64. The minimum absolute atomic E-state index is 0.0596. The van der Waals surface area contributed by atoms with Gasteiger partial charge in [0, 0.05) is 12.3 Å². The normalized spacial score (nSPS) is 20.1. The van der Waals surface area contributed by atoms with Crippen LogP contribution in [0.3, 0.4) is 0 Å². The molecule has 3 atom stereocenters. The van der Waals surface area contributed by atoms with Crippen molar-refractivity contribution in [3.05, 3.63) is 60.1 Å². The number of rotatable bonds is 5. The van der Waals surface area contributed by atoms with Crippen LogP contribution >= 0.6 is 0 Å². The molecule has 30 heavy (non-hydrogen) atoms. The van der Waals surface area contributed by atoms with E-state index in [0.29, 0.717) is 0 Å². The van der Waals surface area contributed by atoms with E-state index in [9.17, 15) is 19.5 Å². The van der Waals surface area contributed by atoms with Crippen molar-refractivity contribution in [1.29, 1.82) is 0 Å². The number of esters is 1. The second kappa shape index (κ2) is 8.71. The van der Waals surface area contributed by atoms with Gasteiger partial charge in [-0.1, -0.05) is 30.3 Å². The Morgan fingerprint density at radius 1 is 1.20 bits per heavy atom. The zero-order chi connectivity index (χ0) is 21.9. The number of carbonyl (C=O) groups is 3. The van der Waals surface area contributed by atoms with Gasteiger partial charge in [-0.25, -0.2) is 14.5 Å². The molecule has 1 aliphatic heterocycles. The standard InChI is InChI=1S/C22H25NO7/c1-22(2,3)30-20(26)18-15(19(25)16-10-7-11-28-16)12-17(24)23(18)21(27)29-13-14-8-5-4-6-9-14/h4-11,15,18-19,25H,12-13H2,1-3H3/t15-,18-,19?/m0/s1. The molecule has 1 saturated heterocycles. The highest BCUT2D eigenvalue weighted by Gasteiger charge is 2.53. The number of furan rings is 1. The number of amides is 2. The summed E-state index contributed by atoms with van der Waals surface area (Å²) in [6.45, 7) is 4.98. The van der Waals surface area contributed by atoms with E-state index in [-0.39, 0.29) is 18.8 Å². The molecule has 0 radical (unpaired) electrons. The molecule has 2 aromatic rings. The van der Waals surface area contributed by atoms with E-state index in [4.69, 9.17) is 13.9 Å². The molecule has 3 rings (SSSR count). The molecule has 8 heteroatoms. The molecule has 2 amide bonds. The van der Waals surface area contributed by atoms with Crippen molar-refractivity contribution in [3.8, 4) is 0 Å². The Balaban J connectivity index is 1.84. The van der Waals surface area contributed by atoms with Gasteiger partial charge in [0.05, 0.1) is 6.26 Å². The summed E-state index contributed by atoms with van der Waals surface area (Å²) < 4.78 is 15.9. The number of aliphatic hydroxyl groups excluding tert-OH is 1. The number of carbonyl (C=O) groups excluding carboxylic acids is 3. The molecule has 160 valence electrons. The zero-order valence-corrected chi connectivity index (χ0v) is 17.1. The van der Waals surface area contributed by atoms with Crippen LogP contribution in [-0.4, -0.2) is 39.6 Å². The fraction of sp³-hybridized carbons (Fsp3) is 0.409. The maximum atomic E-state index is 12.9. The van der Waals surface area contributed by atoms with Gasteiger partial charge in [0.15, 0.2) is 0 Å². The summed E-state index contributed by atoms with van der Waals surface area (Å²) in [5.41, 5.74) is -0.110. The first kappa shape index (κ1) is 21.6. The highest BCUT2D eigenvalue weighted by atomic mass is 16.6. The molecule has 0 saturated carbocycles. The first-order valence-electron chi connectivity index (χ1n) is 9.64. The lowest BCUT2D eigenvalue weighted by atomic mass is 9.92. The zero-order valence-electron chi connectivity index (χ0n) is 17.1. The van der Waals surface area contributed by atoms with Crippen molar-refractivity contribution in [2.24, 2.45) is 5.92 Å². The quantitative estimate of drug-likeness (QED) is 0.747. The summed E-state index contributed by atoms with van der Waals surface area (Å²) in [4.78, 5) is 39.1. The van der Waals surface area contributed by atoms with Gasteiger partial charge >= 0.3 is 12.1 Å². The summed E-state index contributed by atoms with van der Waals surface area (Å²) >= 11 is 0. The monoisotopic (exact) mass is 415 g/mol. The Morgan fingerprint density at radius 2 is 1.90 bits per heavy atom. The van der Waals surface area contributed by atoms with Gasteiger partial charge < -0.3 is 19.0 Å². The van der Waals surface area contributed by atoms with Crippen LogP contribution in [0.25, 0.3) is 0 Å². The van der Waals surface area contributed by atoms with E-state index in [2.05, 4.69) is 0 Å². The van der Waals surface area contributed by atoms with Crippen LogP contribution < -0.4 is 0 Å². The molecule has 1 unspecified atom stereocenters. The smallest absolute Gasteiger partial charge is 0.417 e. The lowest BCUT2D eigenvalue weighted by molar-refractivity contribution is -0.164. The predicted molar refractivity (Wildman–Crippen MR) is 105 cm³/mol. The van der Waals surface area contributed by atoms with E-state index in [0.717, 1.165) is 10.5 Å². The SMILES string of the molecule is CC(C)(C)OC(=O)[C@@H]1[C@@H](C(O)c2ccco2)CC(=O)N1C(=O)OCc1ccccc1. The third-order valence-electron chi connectivity index (χ3n) is 4.65. The third kappa shape index (κ3) is 4.88. The van der Waals surface area contributed by atoms with Gasteiger partial charge in [-0.3, -0.25) is 4.79 Å². The fourth-order valence-corrected chi connectivity index (χ4v) is 3.36. The average molecular weight is 415 g/mol. The highest BCUT2D eigenvalue weighted by Crippen LogP contribution is 2.37. The van der Waals surface area contributed by atoms with Crippen LogP contribution in [0.2, 0.25) is 0 Å². The molecule has 1 N–H and O–H groups in total. The third-order valence-corrected chi connectivity index (χ3v) is 4.65. The Hall–Kier alpha value is -3.13. The van der Waals surface area contributed by atoms with E-state index < -0.39 is 41.6 Å². The van der Waals surface area contributed by atoms with E-state index >= 15 is 0 Å². The van der Waals surface area contributed by atoms with Crippen molar-refractivity contribution in [2.75, 3.05) is 0 Å². The Bertz CT molecular complexity index is 886. The van der Waals surface area contributed by atoms with Crippen LogP contribution in [0.4, 0.5) is 4.79 Å². The van der Waals surface area contributed by atoms with Gasteiger partial charge in [-0.15, -0.1) is 0 Å². The van der Waals surface area contributed by atoms with Crippen molar-refractivity contribution in [1.82, 2.24) is 4.90 Å². The Morgan fingerprint density at radius 3 is 2.50 bits per heavy atom. The van der Waals surface area contributed by atoms with Gasteiger partial charge in [0.25, 0.3) is 0 Å². The number of hydrogen-bond donors (Lipinski definition) is 1. The fourth-order valence-electron chi connectivity index (χ4n) is 3.36. The lowest BCUT2D eigenvalue weighted by Gasteiger charge is -2.29. The molecule has 1 aliphatic rings. The Labute approximate surface area is 174 Å². The molecular formula is C22H25NO7. The maximum absolute atomic E-state index is 12.9. The number of likely N-dealkylation sites (tertiary alicyclic amines) is 1. The van der Waals surface area contributed by atoms with E-state index in [1.165, 1.54) is 12.3 Å². The highest BCUT2D eigenvalue weighted by molar-refractivity contribution is 6.00. The lowest BCUT2D eigenvalue weighted by Crippen LogP contribution is -2.48. The number of imide groups is 1. The number of hydrogen-bond acceptors (Lipinski definition) is 7. The van der Waals surface area contributed by atoms with Gasteiger partial charge in [-0.2, -0.15) is 0 Å². The van der Waals surface area contributed by atoms with Crippen molar-refractivity contribution in [2.45, 2.75) is 51.5 Å². The molecule has 0 spiro atoms. The van der Waals surface area contributed by atoms with Gasteiger partial charge in [0.1, 0.15) is 30.1 Å². The number of benzene rings is 1. The molecule has 0 aliphatic carbocycles. The molecule has 1 aromatic heterocycles. The molecule has 0 bridgehead atoms. The van der Waals surface area contributed by atoms with Crippen molar-refractivity contribution in [3.63, 3.8) is 0 Å². The molecule has 1 fully saturated rings. The van der Waals surface area contributed by atoms with Crippen LogP contribution in [0, 0.1) is 5.92 Å². The molecule has 8 nitrogen and oxygen atoms in total. The summed E-state index contributed by atoms with van der Waals surface area (Å²) in [6, 6.07) is 10.8. The predicted octanol–water partition coefficient (Wildman–Crippen LogP) is 3.21. The minimum atomic E-state index is -1.33. The second-order valence-electron chi connectivity index (χ2n) is 8.11. The largest absolute Gasteiger partial charge is 0.467 e. The van der Waals surface area contributed by atoms with Crippen LogP contribution in [0.15, 0.2) is 53.1 Å². The summed E-state index contributed by atoms with van der Waals surface area (Å²) in [7, 11) is 0. The number of ether oxygens (including phenoxy) is 2. The van der Waals surface area contributed by atoms with Crippen molar-refractivity contribution < 1.29 is 33.4 Å². The minimum Gasteiger partial charge on any atom is -0.467 e. The molecular weight excluding hydrogens is 390 g/mol. The number of aliphatic hydroxyl groups is 1. The second-order valence-corrected chi connectivity index (χ2v) is 8.11. The Kier molecular flexibility index (Phi) is 6.26. The van der Waals surface area contributed by atoms with Gasteiger partial charge in [-0.05, 0) is 38.5 Å². The van der Waals surface area contributed by atoms with E-state index in [1.807, 2.05) is 6.07 Å². The molecule has 1 aromatic carbocycles. The topological polar surface area (TPSA) is 106 Å². The van der Waals surface area contributed by atoms with Crippen LogP contribution in [0.1, 0.15) is 44.6 Å².